The van der Waals surface area contributed by atoms with Crippen molar-refractivity contribution in [2.45, 2.75) is 6.92 Å². The van der Waals surface area contributed by atoms with Crippen LogP contribution in [0.1, 0.15) is 17.4 Å². The number of hydrogen-bond donors (Lipinski definition) is 1. The molecule has 0 aliphatic carbocycles. The van der Waals surface area contributed by atoms with Crippen LogP contribution in [0.3, 0.4) is 0 Å². The Kier molecular flexibility index (Phi) is 3.18. The molecule has 0 amide bonds. The number of ether oxygens (including phenoxy) is 1. The van der Waals surface area contributed by atoms with Crippen molar-refractivity contribution in [3.05, 3.63) is 42.1 Å². The number of benzene rings is 1. The van der Waals surface area contributed by atoms with Gasteiger partial charge in [-0.2, -0.15) is 0 Å². The maximum atomic E-state index is 12.8. The molecule has 1 heterocycles. The number of nitrogens with one attached hydrogen (secondary N) is 1. The van der Waals surface area contributed by atoms with E-state index in [2.05, 4.69) is 9.97 Å². The lowest BCUT2D eigenvalue weighted by molar-refractivity contribution is 0.0521. The van der Waals surface area contributed by atoms with Crippen molar-refractivity contribution < 1.29 is 13.9 Å². The van der Waals surface area contributed by atoms with Crippen LogP contribution < -0.4 is 0 Å². The van der Waals surface area contributed by atoms with Crippen molar-refractivity contribution in [2.24, 2.45) is 0 Å². The van der Waals surface area contributed by atoms with Crippen molar-refractivity contribution in [2.75, 3.05) is 6.61 Å². The van der Waals surface area contributed by atoms with Gasteiger partial charge in [0.25, 0.3) is 0 Å². The number of aromatic nitrogens is 2. The summed E-state index contributed by atoms with van der Waals surface area (Å²) in [5, 5.41) is 0. The average molecular weight is 234 g/mol. The molecule has 0 fully saturated rings. The van der Waals surface area contributed by atoms with Crippen LogP contribution in [0.2, 0.25) is 0 Å². The number of rotatable bonds is 3. The number of carbonyl (C=O) groups is 1. The molecule has 0 radical (unpaired) electrons. The van der Waals surface area contributed by atoms with Gasteiger partial charge >= 0.3 is 5.97 Å². The molecule has 0 unspecified atom stereocenters. The number of nitrogens with zero attached hydrogens (tertiary/aromatic N) is 1. The van der Waals surface area contributed by atoms with E-state index in [1.807, 2.05) is 0 Å². The third kappa shape index (κ3) is 2.33. The van der Waals surface area contributed by atoms with Gasteiger partial charge in [0, 0.05) is 5.56 Å². The summed E-state index contributed by atoms with van der Waals surface area (Å²) in [7, 11) is 0. The molecule has 1 aromatic heterocycles. The van der Waals surface area contributed by atoms with Crippen LogP contribution in [0, 0.1) is 5.82 Å². The summed E-state index contributed by atoms with van der Waals surface area (Å²) in [6, 6.07) is 5.76. The van der Waals surface area contributed by atoms with Gasteiger partial charge < -0.3 is 9.72 Å². The predicted octanol–water partition coefficient (Wildman–Crippen LogP) is 2.39. The molecule has 1 aromatic carbocycles. The van der Waals surface area contributed by atoms with E-state index >= 15 is 0 Å². The minimum absolute atomic E-state index is 0.276. The van der Waals surface area contributed by atoms with E-state index in [1.54, 1.807) is 19.1 Å². The first-order chi connectivity index (χ1) is 8.22. The Morgan fingerprint density at radius 3 is 2.76 bits per heavy atom. The zero-order chi connectivity index (χ0) is 12.3. The molecule has 0 saturated carbocycles. The number of carbonyl (C=O) groups excluding carboxylic acids is 1. The molecule has 0 bridgehead atoms. The molecule has 0 saturated heterocycles. The van der Waals surface area contributed by atoms with E-state index < -0.39 is 5.97 Å². The molecule has 4 nitrogen and oxygen atoms in total. The third-order valence-electron chi connectivity index (χ3n) is 2.24. The standard InChI is InChI=1S/C12H11FN2O2/c1-2-17-12(16)11-10(14-7-15-11)8-3-5-9(13)6-4-8/h3-7H,2H2,1H3,(H,14,15). The maximum Gasteiger partial charge on any atom is 0.357 e. The highest BCUT2D eigenvalue weighted by Crippen LogP contribution is 2.21. The summed E-state index contributed by atoms with van der Waals surface area (Å²) < 4.78 is 17.7. The van der Waals surface area contributed by atoms with Gasteiger partial charge in [0.15, 0.2) is 5.69 Å². The highest BCUT2D eigenvalue weighted by molar-refractivity contribution is 5.94. The Morgan fingerprint density at radius 1 is 1.41 bits per heavy atom. The second-order valence-corrected chi connectivity index (χ2v) is 3.35. The molecule has 2 rings (SSSR count). The van der Waals surface area contributed by atoms with Gasteiger partial charge in [-0.25, -0.2) is 14.2 Å². The Labute approximate surface area is 97.5 Å². The first-order valence-corrected chi connectivity index (χ1v) is 5.18. The molecule has 5 heteroatoms. The fourth-order valence-corrected chi connectivity index (χ4v) is 1.48. The van der Waals surface area contributed by atoms with E-state index in [1.165, 1.54) is 18.5 Å². The smallest absolute Gasteiger partial charge is 0.357 e. The lowest BCUT2D eigenvalue weighted by Gasteiger charge is -2.02. The summed E-state index contributed by atoms with van der Waals surface area (Å²) in [6.07, 6.45) is 1.41. The fraction of sp³-hybridized carbons (Fsp3) is 0.167. The van der Waals surface area contributed by atoms with E-state index in [9.17, 15) is 9.18 Å². The Hall–Kier alpha value is -2.17. The molecule has 17 heavy (non-hydrogen) atoms. The lowest BCUT2D eigenvalue weighted by atomic mass is 10.1. The molecular formula is C12H11FN2O2. The Balaban J connectivity index is 2.36. The van der Waals surface area contributed by atoms with Gasteiger partial charge in [-0.1, -0.05) is 0 Å². The highest BCUT2D eigenvalue weighted by Gasteiger charge is 2.16. The first-order valence-electron chi connectivity index (χ1n) is 5.18. The Bertz CT molecular complexity index is 520. The van der Waals surface area contributed by atoms with E-state index in [0.29, 0.717) is 17.9 Å². The summed E-state index contributed by atoms with van der Waals surface area (Å²) in [4.78, 5) is 18.4. The lowest BCUT2D eigenvalue weighted by Crippen LogP contribution is -2.06. The van der Waals surface area contributed by atoms with Crippen LogP contribution in [0.15, 0.2) is 30.6 Å². The normalized spacial score (nSPS) is 10.2. The van der Waals surface area contributed by atoms with Gasteiger partial charge in [0.1, 0.15) is 11.5 Å². The van der Waals surface area contributed by atoms with Gasteiger partial charge in [-0.05, 0) is 31.2 Å². The van der Waals surface area contributed by atoms with Gasteiger partial charge in [-0.15, -0.1) is 0 Å². The summed E-state index contributed by atoms with van der Waals surface area (Å²) in [5.41, 5.74) is 1.40. The molecule has 0 aliphatic heterocycles. The van der Waals surface area contributed by atoms with Crippen molar-refractivity contribution >= 4 is 5.97 Å². The van der Waals surface area contributed by atoms with E-state index in [-0.39, 0.29) is 11.5 Å². The molecule has 88 valence electrons. The second-order valence-electron chi connectivity index (χ2n) is 3.35. The second kappa shape index (κ2) is 4.78. The van der Waals surface area contributed by atoms with Crippen molar-refractivity contribution in [1.29, 1.82) is 0 Å². The number of halogens is 1. The minimum atomic E-state index is -0.468. The van der Waals surface area contributed by atoms with Crippen LogP contribution >= 0.6 is 0 Å². The van der Waals surface area contributed by atoms with Crippen LogP contribution in [-0.4, -0.2) is 22.5 Å². The Morgan fingerprint density at radius 2 is 2.12 bits per heavy atom. The van der Waals surface area contributed by atoms with Gasteiger partial charge in [-0.3, -0.25) is 0 Å². The predicted molar refractivity (Wildman–Crippen MR) is 59.9 cm³/mol. The zero-order valence-electron chi connectivity index (χ0n) is 9.24. The van der Waals surface area contributed by atoms with Crippen molar-refractivity contribution in [1.82, 2.24) is 9.97 Å². The number of esters is 1. The van der Waals surface area contributed by atoms with Crippen LogP contribution in [0.25, 0.3) is 11.3 Å². The molecule has 2 aromatic rings. The number of H-pyrrole nitrogens is 1. The molecule has 0 aliphatic rings. The third-order valence-corrected chi connectivity index (χ3v) is 2.24. The fourth-order valence-electron chi connectivity index (χ4n) is 1.48. The van der Waals surface area contributed by atoms with Crippen LogP contribution in [0.4, 0.5) is 4.39 Å². The highest BCUT2D eigenvalue weighted by atomic mass is 19.1. The van der Waals surface area contributed by atoms with E-state index in [4.69, 9.17) is 4.74 Å². The summed E-state index contributed by atoms with van der Waals surface area (Å²) in [5.74, 6) is -0.800. The summed E-state index contributed by atoms with van der Waals surface area (Å²) in [6.45, 7) is 2.02. The topological polar surface area (TPSA) is 55.0 Å². The van der Waals surface area contributed by atoms with Crippen molar-refractivity contribution in [3.8, 4) is 11.3 Å². The van der Waals surface area contributed by atoms with Crippen LogP contribution in [-0.2, 0) is 4.74 Å². The number of aromatic amines is 1. The van der Waals surface area contributed by atoms with Crippen LogP contribution in [0.5, 0.6) is 0 Å². The van der Waals surface area contributed by atoms with Gasteiger partial charge in [0.2, 0.25) is 0 Å². The molecular weight excluding hydrogens is 223 g/mol. The SMILES string of the molecule is CCOC(=O)c1[nH]cnc1-c1ccc(F)cc1. The van der Waals surface area contributed by atoms with E-state index in [0.717, 1.165) is 0 Å². The number of hydrogen-bond acceptors (Lipinski definition) is 3. The molecule has 1 N–H and O–H groups in total. The largest absolute Gasteiger partial charge is 0.461 e. The zero-order valence-corrected chi connectivity index (χ0v) is 9.24. The van der Waals surface area contributed by atoms with Crippen molar-refractivity contribution in [3.63, 3.8) is 0 Å². The molecule has 0 spiro atoms. The maximum absolute atomic E-state index is 12.8. The summed E-state index contributed by atoms with van der Waals surface area (Å²) >= 11 is 0. The molecule has 0 atom stereocenters. The minimum Gasteiger partial charge on any atom is -0.461 e. The monoisotopic (exact) mass is 234 g/mol. The quantitative estimate of drug-likeness (QED) is 0.829. The van der Waals surface area contributed by atoms with Gasteiger partial charge in [0.05, 0.1) is 12.9 Å². The first kappa shape index (κ1) is 11.3. The number of imidazole rings is 1. The average Bonchev–Trinajstić information content (AvgIpc) is 2.79.